The van der Waals surface area contributed by atoms with Crippen molar-refractivity contribution >= 4 is 27.8 Å². The van der Waals surface area contributed by atoms with Crippen molar-refractivity contribution in [1.29, 1.82) is 0 Å². The number of esters is 1. The van der Waals surface area contributed by atoms with E-state index in [1.54, 1.807) is 29.2 Å². The Morgan fingerprint density at radius 1 is 1.14 bits per heavy atom. The minimum atomic E-state index is -3.09. The van der Waals surface area contributed by atoms with Gasteiger partial charge in [-0.2, -0.15) is 0 Å². The Bertz CT molecular complexity index is 920. The van der Waals surface area contributed by atoms with Gasteiger partial charge in [-0.3, -0.25) is 4.79 Å². The van der Waals surface area contributed by atoms with Crippen LogP contribution in [0.5, 0.6) is 11.5 Å². The molecule has 2 heterocycles. The molecule has 0 spiro atoms. The number of amides is 1. The molecule has 1 aliphatic carbocycles. The van der Waals surface area contributed by atoms with Crippen LogP contribution in [0.2, 0.25) is 0 Å². The van der Waals surface area contributed by atoms with Crippen LogP contribution in [0.1, 0.15) is 24.8 Å². The first-order valence-corrected chi connectivity index (χ1v) is 11.0. The molecule has 1 aromatic carbocycles. The highest BCUT2D eigenvalue weighted by Gasteiger charge is 2.42. The molecule has 1 saturated carbocycles. The van der Waals surface area contributed by atoms with Crippen LogP contribution >= 0.6 is 0 Å². The number of ether oxygens (including phenoxy) is 3. The number of rotatable bonds is 6. The second kappa shape index (κ2) is 7.46. The van der Waals surface area contributed by atoms with Crippen molar-refractivity contribution in [2.75, 3.05) is 24.9 Å². The summed E-state index contributed by atoms with van der Waals surface area (Å²) in [4.78, 5) is 26.1. The smallest absolute Gasteiger partial charge is 0.331 e. The van der Waals surface area contributed by atoms with Crippen molar-refractivity contribution in [3.05, 3.63) is 29.8 Å². The van der Waals surface area contributed by atoms with E-state index in [-0.39, 0.29) is 36.3 Å². The summed E-state index contributed by atoms with van der Waals surface area (Å²) in [7, 11) is -3.09. The van der Waals surface area contributed by atoms with E-state index in [0.717, 1.165) is 18.4 Å². The van der Waals surface area contributed by atoms with Gasteiger partial charge < -0.3 is 19.1 Å². The first kappa shape index (κ1) is 18.8. The zero-order valence-electron chi connectivity index (χ0n) is 15.2. The van der Waals surface area contributed by atoms with Crippen LogP contribution in [0.3, 0.4) is 0 Å². The molecular weight excluding hydrogens is 386 g/mol. The first-order chi connectivity index (χ1) is 13.4. The predicted molar refractivity (Wildman–Crippen MR) is 99.5 cm³/mol. The van der Waals surface area contributed by atoms with Gasteiger partial charge in [0.2, 0.25) is 6.79 Å². The number of benzene rings is 1. The van der Waals surface area contributed by atoms with Gasteiger partial charge in [-0.25, -0.2) is 13.2 Å². The van der Waals surface area contributed by atoms with Crippen LogP contribution in [0, 0.1) is 0 Å². The van der Waals surface area contributed by atoms with Gasteiger partial charge in [0.05, 0.1) is 11.5 Å². The Kier molecular flexibility index (Phi) is 5.01. The second-order valence-corrected chi connectivity index (χ2v) is 9.37. The van der Waals surface area contributed by atoms with Crippen molar-refractivity contribution in [1.82, 2.24) is 4.90 Å². The van der Waals surface area contributed by atoms with E-state index in [1.807, 2.05) is 0 Å². The zero-order chi connectivity index (χ0) is 19.7. The Morgan fingerprint density at radius 3 is 2.64 bits per heavy atom. The van der Waals surface area contributed by atoms with Crippen molar-refractivity contribution in [2.45, 2.75) is 31.3 Å². The molecule has 1 atom stereocenters. The summed E-state index contributed by atoms with van der Waals surface area (Å²) in [6.45, 7) is -0.218. The fraction of sp³-hybridized carbons (Fsp3) is 0.474. The molecule has 0 N–H and O–H groups in total. The highest BCUT2D eigenvalue weighted by atomic mass is 32.2. The average Bonchev–Trinajstić information content (AvgIpc) is 3.26. The van der Waals surface area contributed by atoms with Crippen LogP contribution in [-0.4, -0.2) is 62.2 Å². The first-order valence-electron chi connectivity index (χ1n) is 9.17. The van der Waals surface area contributed by atoms with Crippen LogP contribution in [-0.2, 0) is 24.2 Å². The van der Waals surface area contributed by atoms with Gasteiger partial charge in [0, 0.05) is 18.2 Å². The lowest BCUT2D eigenvalue weighted by molar-refractivity contribution is -0.149. The standard InChI is InChI=1S/C19H21NO7S/c21-18(20(14-3-4-14)15-7-8-28(23,24)11-15)10-25-19(22)6-2-13-1-5-16-17(9-13)27-12-26-16/h1-2,5-6,9,14-15H,3-4,7-8,10-12H2/b6-2+/t15-/m1/s1. The lowest BCUT2D eigenvalue weighted by Crippen LogP contribution is -2.44. The lowest BCUT2D eigenvalue weighted by Gasteiger charge is -2.28. The molecule has 28 heavy (non-hydrogen) atoms. The molecule has 2 aliphatic heterocycles. The monoisotopic (exact) mass is 407 g/mol. The third kappa shape index (κ3) is 4.30. The van der Waals surface area contributed by atoms with E-state index < -0.39 is 22.4 Å². The molecule has 0 aromatic heterocycles. The minimum Gasteiger partial charge on any atom is -0.454 e. The van der Waals surface area contributed by atoms with Crippen molar-refractivity contribution in [2.24, 2.45) is 0 Å². The largest absolute Gasteiger partial charge is 0.454 e. The SMILES string of the molecule is O=C(/C=C/c1ccc2c(c1)OCO2)OCC(=O)N(C1CC1)[C@@H]1CCS(=O)(=O)C1. The van der Waals surface area contributed by atoms with Gasteiger partial charge in [0.1, 0.15) is 0 Å². The van der Waals surface area contributed by atoms with E-state index in [9.17, 15) is 18.0 Å². The van der Waals surface area contributed by atoms with Crippen molar-refractivity contribution in [3.8, 4) is 11.5 Å². The van der Waals surface area contributed by atoms with E-state index in [1.165, 1.54) is 6.08 Å². The Morgan fingerprint density at radius 2 is 1.93 bits per heavy atom. The van der Waals surface area contributed by atoms with Crippen LogP contribution in [0.4, 0.5) is 0 Å². The van der Waals surface area contributed by atoms with E-state index in [2.05, 4.69) is 0 Å². The van der Waals surface area contributed by atoms with Gasteiger partial charge >= 0.3 is 5.97 Å². The number of hydrogen-bond acceptors (Lipinski definition) is 7. The third-order valence-corrected chi connectivity index (χ3v) is 6.73. The maximum absolute atomic E-state index is 12.5. The van der Waals surface area contributed by atoms with Gasteiger partial charge in [0.25, 0.3) is 5.91 Å². The number of hydrogen-bond donors (Lipinski definition) is 0. The molecule has 8 nitrogen and oxygen atoms in total. The number of sulfone groups is 1. The molecule has 9 heteroatoms. The predicted octanol–water partition coefficient (Wildman–Crippen LogP) is 1.15. The van der Waals surface area contributed by atoms with Crippen molar-refractivity contribution < 1.29 is 32.2 Å². The number of nitrogens with zero attached hydrogens (tertiary/aromatic N) is 1. The topological polar surface area (TPSA) is 99.2 Å². The van der Waals surface area contributed by atoms with Crippen molar-refractivity contribution in [3.63, 3.8) is 0 Å². The summed E-state index contributed by atoms with van der Waals surface area (Å²) in [6, 6.07) is 5.02. The molecule has 2 fully saturated rings. The van der Waals surface area contributed by atoms with Gasteiger partial charge in [-0.05, 0) is 43.0 Å². The molecule has 1 amide bonds. The fourth-order valence-corrected chi connectivity index (χ4v) is 5.20. The molecule has 0 radical (unpaired) electrons. The maximum atomic E-state index is 12.5. The quantitative estimate of drug-likeness (QED) is 0.515. The van der Waals surface area contributed by atoms with Crippen LogP contribution in [0.25, 0.3) is 6.08 Å². The number of fused-ring (bicyclic) bond motifs is 1. The summed E-state index contributed by atoms with van der Waals surface area (Å²) in [6.07, 6.45) is 4.98. The van der Waals surface area contributed by atoms with Crippen LogP contribution < -0.4 is 9.47 Å². The normalized spacial score (nSPS) is 22.4. The second-order valence-electron chi connectivity index (χ2n) is 7.14. The molecule has 150 valence electrons. The van der Waals surface area contributed by atoms with E-state index in [0.29, 0.717) is 17.9 Å². The summed E-state index contributed by atoms with van der Waals surface area (Å²) < 4.78 is 39.0. The Labute approximate surface area is 163 Å². The highest BCUT2D eigenvalue weighted by molar-refractivity contribution is 7.91. The zero-order valence-corrected chi connectivity index (χ0v) is 16.0. The molecule has 1 aromatic rings. The van der Waals surface area contributed by atoms with Crippen LogP contribution in [0.15, 0.2) is 24.3 Å². The maximum Gasteiger partial charge on any atom is 0.331 e. The minimum absolute atomic E-state index is 0.00674. The van der Waals surface area contributed by atoms with Gasteiger partial charge in [-0.15, -0.1) is 0 Å². The third-order valence-electron chi connectivity index (χ3n) is 4.98. The fourth-order valence-electron chi connectivity index (χ4n) is 3.49. The molecule has 1 saturated heterocycles. The van der Waals surface area contributed by atoms with E-state index in [4.69, 9.17) is 14.2 Å². The van der Waals surface area contributed by atoms with Gasteiger partial charge in [-0.1, -0.05) is 6.07 Å². The lowest BCUT2D eigenvalue weighted by atomic mass is 10.2. The highest BCUT2D eigenvalue weighted by Crippen LogP contribution is 2.33. The number of carbonyl (C=O) groups is 2. The summed E-state index contributed by atoms with van der Waals surface area (Å²) >= 11 is 0. The summed E-state index contributed by atoms with van der Waals surface area (Å²) in [5, 5.41) is 0. The van der Waals surface area contributed by atoms with Gasteiger partial charge in [0.15, 0.2) is 27.9 Å². The average molecular weight is 407 g/mol. The molecule has 0 bridgehead atoms. The molecule has 4 rings (SSSR count). The van der Waals surface area contributed by atoms with E-state index >= 15 is 0 Å². The Hall–Kier alpha value is -2.55. The molecule has 3 aliphatic rings. The number of carbonyl (C=O) groups excluding carboxylic acids is 2. The summed E-state index contributed by atoms with van der Waals surface area (Å²) in [5.74, 6) is 0.381. The summed E-state index contributed by atoms with van der Waals surface area (Å²) in [5.41, 5.74) is 0.739. The Balaban J connectivity index is 1.31. The molecule has 0 unspecified atom stereocenters. The molecular formula is C19H21NO7S.